The summed E-state index contributed by atoms with van der Waals surface area (Å²) in [5, 5.41) is 14.5. The van der Waals surface area contributed by atoms with Crippen LogP contribution in [0.1, 0.15) is 11.4 Å². The van der Waals surface area contributed by atoms with E-state index >= 15 is 0 Å². The number of anilines is 1. The first-order valence-corrected chi connectivity index (χ1v) is 12.2. The van der Waals surface area contributed by atoms with E-state index in [1.165, 1.54) is 17.8 Å². The monoisotopic (exact) mass is 523 g/mol. The van der Waals surface area contributed by atoms with Crippen molar-refractivity contribution < 1.29 is 23.8 Å². The highest BCUT2D eigenvalue weighted by molar-refractivity contribution is 7.99. The van der Waals surface area contributed by atoms with Gasteiger partial charge in [-0.05, 0) is 35.9 Å². The molecule has 1 aromatic heterocycles. The van der Waals surface area contributed by atoms with Gasteiger partial charge in [-0.15, -0.1) is 16.8 Å². The van der Waals surface area contributed by atoms with Gasteiger partial charge in [0.2, 0.25) is 11.8 Å². The highest BCUT2D eigenvalue weighted by atomic mass is 32.2. The van der Waals surface area contributed by atoms with Gasteiger partial charge in [0, 0.05) is 24.4 Å². The number of thioether (sulfide) groups is 1. The second-order valence-electron chi connectivity index (χ2n) is 7.53. The normalized spacial score (nSPS) is 10.7. The topological polar surface area (TPSA) is 117 Å². The van der Waals surface area contributed by atoms with Crippen molar-refractivity contribution in [2.24, 2.45) is 0 Å². The van der Waals surface area contributed by atoms with E-state index in [2.05, 4.69) is 27.4 Å². The minimum atomic E-state index is -0.296. The standard InChI is InChI=1S/C26H29N5O5S/c1-5-13-31-23(16-27-24(32)12-10-18-9-11-21(35-3)22(14-18)36-4)29-30-26(31)37-17-25(33)28-19-7-6-8-20(15-19)34-2/h5-12,14-15H,1,13,16-17H2,2-4H3,(H,27,32)(H,28,33). The lowest BCUT2D eigenvalue weighted by Crippen LogP contribution is -2.23. The lowest BCUT2D eigenvalue weighted by Gasteiger charge is -2.09. The van der Waals surface area contributed by atoms with Crippen LogP contribution in [0.15, 0.2) is 66.4 Å². The summed E-state index contributed by atoms with van der Waals surface area (Å²) < 4.78 is 17.5. The van der Waals surface area contributed by atoms with Gasteiger partial charge in [0.1, 0.15) is 5.75 Å². The number of hydrogen-bond acceptors (Lipinski definition) is 8. The van der Waals surface area contributed by atoms with Gasteiger partial charge in [0.15, 0.2) is 22.5 Å². The van der Waals surface area contributed by atoms with Crippen LogP contribution in [-0.2, 0) is 22.7 Å². The molecule has 1 heterocycles. The van der Waals surface area contributed by atoms with Crippen molar-refractivity contribution in [2.75, 3.05) is 32.4 Å². The van der Waals surface area contributed by atoms with Crippen molar-refractivity contribution in [2.45, 2.75) is 18.2 Å². The zero-order chi connectivity index (χ0) is 26.6. The van der Waals surface area contributed by atoms with Gasteiger partial charge in [0.05, 0.1) is 33.6 Å². The Kier molecular flexibility index (Phi) is 10.1. The quantitative estimate of drug-likeness (QED) is 0.199. The maximum atomic E-state index is 12.4. The fourth-order valence-electron chi connectivity index (χ4n) is 3.25. The van der Waals surface area contributed by atoms with Gasteiger partial charge in [-0.25, -0.2) is 0 Å². The second-order valence-corrected chi connectivity index (χ2v) is 8.47. The molecule has 11 heteroatoms. The average molecular weight is 524 g/mol. The molecule has 0 saturated heterocycles. The number of carbonyl (C=O) groups is 2. The largest absolute Gasteiger partial charge is 0.497 e. The summed E-state index contributed by atoms with van der Waals surface area (Å²) in [6.07, 6.45) is 4.80. The zero-order valence-corrected chi connectivity index (χ0v) is 21.7. The van der Waals surface area contributed by atoms with Crippen molar-refractivity contribution in [1.29, 1.82) is 0 Å². The van der Waals surface area contributed by atoms with Crippen molar-refractivity contribution in [3.63, 3.8) is 0 Å². The fraction of sp³-hybridized carbons (Fsp3) is 0.231. The van der Waals surface area contributed by atoms with E-state index in [4.69, 9.17) is 14.2 Å². The number of nitrogens with one attached hydrogen (secondary N) is 2. The molecule has 2 aromatic carbocycles. The number of amides is 2. The lowest BCUT2D eigenvalue weighted by molar-refractivity contribution is -0.116. The molecule has 0 bridgehead atoms. The summed E-state index contributed by atoms with van der Waals surface area (Å²) >= 11 is 1.24. The van der Waals surface area contributed by atoms with Gasteiger partial charge in [-0.3, -0.25) is 9.59 Å². The molecule has 0 atom stereocenters. The summed E-state index contributed by atoms with van der Waals surface area (Å²) in [6.45, 7) is 4.36. The van der Waals surface area contributed by atoms with E-state index in [0.29, 0.717) is 40.5 Å². The van der Waals surface area contributed by atoms with Crippen LogP contribution in [0.4, 0.5) is 5.69 Å². The number of nitrogens with zero attached hydrogens (tertiary/aromatic N) is 3. The number of methoxy groups -OCH3 is 3. The predicted molar refractivity (Wildman–Crippen MR) is 143 cm³/mol. The van der Waals surface area contributed by atoms with E-state index in [-0.39, 0.29) is 24.1 Å². The lowest BCUT2D eigenvalue weighted by atomic mass is 10.2. The Balaban J connectivity index is 1.57. The van der Waals surface area contributed by atoms with Crippen LogP contribution in [0.5, 0.6) is 17.2 Å². The summed E-state index contributed by atoms with van der Waals surface area (Å²) in [5.74, 6) is 2.02. The second kappa shape index (κ2) is 13.7. The molecular formula is C26H29N5O5S. The average Bonchev–Trinajstić information content (AvgIpc) is 3.30. The summed E-state index contributed by atoms with van der Waals surface area (Å²) in [4.78, 5) is 24.8. The smallest absolute Gasteiger partial charge is 0.244 e. The molecule has 0 saturated carbocycles. The van der Waals surface area contributed by atoms with Crippen molar-refractivity contribution in [1.82, 2.24) is 20.1 Å². The number of carbonyl (C=O) groups excluding carboxylic acids is 2. The van der Waals surface area contributed by atoms with Gasteiger partial charge in [0.25, 0.3) is 0 Å². The Hall–Kier alpha value is -4.25. The number of ether oxygens (including phenoxy) is 3. The molecule has 3 rings (SSSR count). The molecule has 0 aliphatic heterocycles. The van der Waals surface area contributed by atoms with E-state index in [0.717, 1.165) is 5.56 Å². The highest BCUT2D eigenvalue weighted by Gasteiger charge is 2.14. The number of aromatic nitrogens is 3. The van der Waals surface area contributed by atoms with Crippen molar-refractivity contribution >= 4 is 35.3 Å². The molecule has 0 fully saturated rings. The molecule has 2 N–H and O–H groups in total. The van der Waals surface area contributed by atoms with E-state index in [1.807, 2.05) is 6.07 Å². The fourth-order valence-corrected chi connectivity index (χ4v) is 4.02. The Morgan fingerprint density at radius 3 is 2.59 bits per heavy atom. The predicted octanol–water partition coefficient (Wildman–Crippen LogP) is 3.55. The van der Waals surface area contributed by atoms with Gasteiger partial charge < -0.3 is 29.4 Å². The first-order chi connectivity index (χ1) is 18.0. The maximum Gasteiger partial charge on any atom is 0.244 e. The third kappa shape index (κ3) is 7.87. The molecule has 0 unspecified atom stereocenters. The summed E-state index contributed by atoms with van der Waals surface area (Å²) in [5.41, 5.74) is 1.43. The van der Waals surface area contributed by atoms with Crippen LogP contribution < -0.4 is 24.8 Å². The number of allylic oxidation sites excluding steroid dienone is 1. The van der Waals surface area contributed by atoms with Crippen LogP contribution in [0.3, 0.4) is 0 Å². The molecule has 3 aromatic rings. The Morgan fingerprint density at radius 1 is 1.05 bits per heavy atom. The van der Waals surface area contributed by atoms with Gasteiger partial charge >= 0.3 is 0 Å². The number of rotatable bonds is 13. The van der Waals surface area contributed by atoms with Gasteiger partial charge in [-0.1, -0.05) is 30.0 Å². The molecule has 0 aliphatic rings. The Labute approximate surface area is 219 Å². The van der Waals surface area contributed by atoms with E-state index < -0.39 is 0 Å². The molecule has 37 heavy (non-hydrogen) atoms. The van der Waals surface area contributed by atoms with E-state index in [9.17, 15) is 9.59 Å². The molecule has 0 aliphatic carbocycles. The van der Waals surface area contributed by atoms with Gasteiger partial charge in [-0.2, -0.15) is 0 Å². The molecule has 0 radical (unpaired) electrons. The molecule has 0 spiro atoms. The molecular weight excluding hydrogens is 494 g/mol. The Morgan fingerprint density at radius 2 is 1.86 bits per heavy atom. The third-order valence-corrected chi connectivity index (χ3v) is 6.01. The Bertz CT molecular complexity index is 1270. The van der Waals surface area contributed by atoms with Crippen molar-refractivity contribution in [3.8, 4) is 17.2 Å². The van der Waals surface area contributed by atoms with Crippen LogP contribution in [0, 0.1) is 0 Å². The minimum Gasteiger partial charge on any atom is -0.497 e. The van der Waals surface area contributed by atoms with Crippen LogP contribution in [0.2, 0.25) is 0 Å². The maximum absolute atomic E-state index is 12.4. The molecule has 10 nitrogen and oxygen atoms in total. The third-order valence-electron chi connectivity index (χ3n) is 5.05. The zero-order valence-electron chi connectivity index (χ0n) is 20.9. The van der Waals surface area contributed by atoms with E-state index in [1.54, 1.807) is 74.4 Å². The first-order valence-electron chi connectivity index (χ1n) is 11.2. The number of hydrogen-bond donors (Lipinski definition) is 2. The summed E-state index contributed by atoms with van der Waals surface area (Å²) in [7, 11) is 4.68. The first kappa shape index (κ1) is 27.3. The van der Waals surface area contributed by atoms with Crippen LogP contribution in [-0.4, -0.2) is 53.7 Å². The number of benzene rings is 2. The molecule has 194 valence electrons. The SMILES string of the molecule is C=CCn1c(CNC(=O)C=Cc2ccc(OC)c(OC)c2)nnc1SCC(=O)Nc1cccc(OC)c1. The van der Waals surface area contributed by atoms with Crippen LogP contribution in [0.25, 0.3) is 6.08 Å². The molecule has 2 amide bonds. The highest BCUT2D eigenvalue weighted by Crippen LogP contribution is 2.28. The minimum absolute atomic E-state index is 0.132. The van der Waals surface area contributed by atoms with Crippen molar-refractivity contribution in [3.05, 3.63) is 72.6 Å². The van der Waals surface area contributed by atoms with Crippen LogP contribution >= 0.6 is 11.8 Å². The summed E-state index contributed by atoms with van der Waals surface area (Å²) in [6, 6.07) is 12.5.